The van der Waals surface area contributed by atoms with Gasteiger partial charge in [0.1, 0.15) is 5.82 Å². The Morgan fingerprint density at radius 1 is 1.37 bits per heavy atom. The number of halogens is 1. The van der Waals surface area contributed by atoms with E-state index in [9.17, 15) is 4.39 Å². The van der Waals surface area contributed by atoms with Crippen molar-refractivity contribution in [3.05, 3.63) is 53.1 Å². The molecule has 1 aromatic carbocycles. The van der Waals surface area contributed by atoms with E-state index in [1.54, 1.807) is 12.2 Å². The second kappa shape index (κ2) is 10.9. The van der Waals surface area contributed by atoms with Crippen molar-refractivity contribution in [2.75, 3.05) is 31.1 Å². The number of nitrogens with two attached hydrogens (primary N) is 2. The molecular weight excluding hydrogens is 381 g/mol. The Labute approximate surface area is 178 Å². The quantitative estimate of drug-likeness (QED) is 0.224. The minimum atomic E-state index is -0.486. The van der Waals surface area contributed by atoms with E-state index in [1.165, 1.54) is 12.3 Å². The predicted molar refractivity (Wildman–Crippen MR) is 120 cm³/mol. The van der Waals surface area contributed by atoms with Crippen molar-refractivity contribution in [1.82, 2.24) is 4.90 Å². The molecule has 0 saturated carbocycles. The molecule has 1 aromatic rings. The molecule has 0 radical (unpaired) electrons. The summed E-state index contributed by atoms with van der Waals surface area (Å²) in [5.41, 5.74) is 21.1. The molecule has 0 amide bonds. The average molecular weight is 416 g/mol. The second-order valence-corrected chi connectivity index (χ2v) is 8.14. The van der Waals surface area contributed by atoms with Crippen LogP contribution < -0.4 is 16.4 Å². The molecule has 0 spiro atoms. The smallest absolute Gasteiger partial charge is 0.178 e. The summed E-state index contributed by atoms with van der Waals surface area (Å²) in [7, 11) is 0. The van der Waals surface area contributed by atoms with Crippen LogP contribution in [0.3, 0.4) is 0 Å². The third-order valence-corrected chi connectivity index (χ3v) is 5.35. The average Bonchev–Trinajstić information content (AvgIpc) is 2.71. The van der Waals surface area contributed by atoms with Crippen LogP contribution in [0.5, 0.6) is 0 Å². The molecule has 6 N–H and O–H groups in total. The molecule has 30 heavy (non-hydrogen) atoms. The van der Waals surface area contributed by atoms with E-state index in [2.05, 4.69) is 35.7 Å². The summed E-state index contributed by atoms with van der Waals surface area (Å²) in [5, 5.41) is 11.2. The number of anilines is 1. The maximum absolute atomic E-state index is 14.9. The largest absolute Gasteiger partial charge is 0.405 e. The van der Waals surface area contributed by atoms with Gasteiger partial charge in [0.05, 0.1) is 11.3 Å². The van der Waals surface area contributed by atoms with Gasteiger partial charge in [-0.15, -0.1) is 5.11 Å². The molecule has 1 aliphatic heterocycles. The van der Waals surface area contributed by atoms with Gasteiger partial charge in [0, 0.05) is 37.9 Å². The highest BCUT2D eigenvalue weighted by atomic mass is 19.1. The minimum absolute atomic E-state index is 0.105. The van der Waals surface area contributed by atoms with Gasteiger partial charge in [-0.05, 0) is 54.8 Å². The Morgan fingerprint density at radius 3 is 2.70 bits per heavy atom. The zero-order valence-electron chi connectivity index (χ0n) is 18.2. The van der Waals surface area contributed by atoms with Crippen LogP contribution in [0.1, 0.15) is 38.3 Å². The first-order chi connectivity index (χ1) is 14.3. The van der Waals surface area contributed by atoms with Crippen molar-refractivity contribution in [2.24, 2.45) is 22.5 Å². The van der Waals surface area contributed by atoms with Gasteiger partial charge in [0.15, 0.2) is 5.84 Å². The summed E-state index contributed by atoms with van der Waals surface area (Å²) in [6.45, 7) is 9.09. The number of allylic oxidation sites excluding steroid dienone is 2. The van der Waals surface area contributed by atoms with Crippen LogP contribution in [0, 0.1) is 22.7 Å². The zero-order valence-corrected chi connectivity index (χ0v) is 18.2. The molecule has 2 rings (SSSR count). The van der Waals surface area contributed by atoms with Gasteiger partial charge >= 0.3 is 0 Å². The fourth-order valence-electron chi connectivity index (χ4n) is 3.95. The van der Waals surface area contributed by atoms with E-state index in [0.29, 0.717) is 31.2 Å². The van der Waals surface area contributed by atoms with Crippen molar-refractivity contribution >= 4 is 11.5 Å². The van der Waals surface area contributed by atoms with Gasteiger partial charge in [-0.2, -0.15) is 0 Å². The third kappa shape index (κ3) is 5.89. The summed E-state index contributed by atoms with van der Waals surface area (Å²) in [6, 6.07) is 3.67. The molecule has 1 unspecified atom stereocenters. The van der Waals surface area contributed by atoms with Gasteiger partial charge in [-0.25, -0.2) is 9.92 Å². The number of nitrogens with one attached hydrogen (secondary N) is 2. The molecule has 1 heterocycles. The van der Waals surface area contributed by atoms with Crippen LogP contribution in [0.15, 0.2) is 41.3 Å². The first-order valence-electron chi connectivity index (χ1n) is 10.4. The fourth-order valence-corrected chi connectivity index (χ4v) is 3.95. The summed E-state index contributed by atoms with van der Waals surface area (Å²) in [5.74, 6) is -0.448. The van der Waals surface area contributed by atoms with E-state index in [1.807, 2.05) is 6.07 Å². The van der Waals surface area contributed by atoms with Crippen LogP contribution in [0.25, 0.3) is 0 Å². The number of benzene rings is 1. The predicted octanol–water partition coefficient (Wildman–Crippen LogP) is 3.60. The van der Waals surface area contributed by atoms with Gasteiger partial charge in [-0.1, -0.05) is 20.8 Å². The minimum Gasteiger partial charge on any atom is -0.405 e. The first kappa shape index (κ1) is 23.5. The number of nitrogens with zero attached hydrogens (tertiary/aromatic N) is 3. The Balaban J connectivity index is 2.33. The SMILES string of the molecule is CCC1CN(c2cc(CC(C)C)cc(F)c2C(=N)N=N)CCN1C/C(N)=C/C=C\N. The third-order valence-electron chi connectivity index (χ3n) is 5.35. The molecule has 1 aliphatic rings. The normalized spacial score (nSPS) is 18.4. The number of hydrogen-bond donors (Lipinski definition) is 4. The van der Waals surface area contributed by atoms with E-state index in [4.69, 9.17) is 22.4 Å². The summed E-state index contributed by atoms with van der Waals surface area (Å²) in [6.07, 6.45) is 6.65. The van der Waals surface area contributed by atoms with Crippen molar-refractivity contribution in [1.29, 1.82) is 10.9 Å². The molecule has 1 fully saturated rings. The van der Waals surface area contributed by atoms with Crippen LogP contribution in [-0.2, 0) is 6.42 Å². The maximum atomic E-state index is 14.9. The van der Waals surface area contributed by atoms with Crippen molar-refractivity contribution in [2.45, 2.75) is 39.7 Å². The van der Waals surface area contributed by atoms with Gasteiger partial charge < -0.3 is 16.4 Å². The van der Waals surface area contributed by atoms with Crippen LogP contribution >= 0.6 is 0 Å². The van der Waals surface area contributed by atoms with E-state index in [0.717, 1.165) is 30.6 Å². The summed E-state index contributed by atoms with van der Waals surface area (Å²) < 4.78 is 14.9. The molecule has 164 valence electrons. The fraction of sp³-hybridized carbons (Fsp3) is 0.500. The lowest BCUT2D eigenvalue weighted by atomic mass is 9.98. The van der Waals surface area contributed by atoms with Crippen molar-refractivity contribution < 1.29 is 4.39 Å². The lowest BCUT2D eigenvalue weighted by molar-refractivity contribution is 0.186. The Bertz CT molecular complexity index is 816. The highest BCUT2D eigenvalue weighted by molar-refractivity contribution is 6.02. The van der Waals surface area contributed by atoms with Gasteiger partial charge in [-0.3, -0.25) is 10.3 Å². The number of hydrogen-bond acceptors (Lipinski definition) is 6. The Kier molecular flexibility index (Phi) is 8.53. The number of rotatable bonds is 8. The Hall–Kier alpha value is -2.74. The van der Waals surface area contributed by atoms with Crippen molar-refractivity contribution in [3.63, 3.8) is 0 Å². The van der Waals surface area contributed by atoms with Crippen LogP contribution in [-0.4, -0.2) is 43.0 Å². The molecular formula is C22H34FN7. The Morgan fingerprint density at radius 2 is 2.10 bits per heavy atom. The standard InChI is InChI=1S/C22H34FN7/c1-4-18-14-30(9-8-29(18)13-17(25)6-5-7-24)20-12-16(10-15(2)3)11-19(23)21(20)22(26)28-27/h5-7,11-12,15,18,26-27H,4,8-10,13-14,24-25H2,1-3H3/b7-5-,17-6-,26-22?,28-27?. The van der Waals surface area contributed by atoms with E-state index < -0.39 is 5.82 Å². The zero-order chi connectivity index (χ0) is 22.3. The first-order valence-corrected chi connectivity index (χ1v) is 10.4. The lowest BCUT2D eigenvalue weighted by Crippen LogP contribution is -2.54. The molecule has 7 nitrogen and oxygen atoms in total. The number of piperazine rings is 1. The molecule has 8 heteroatoms. The highest BCUT2D eigenvalue weighted by Gasteiger charge is 2.29. The summed E-state index contributed by atoms with van der Waals surface area (Å²) >= 11 is 0. The molecule has 0 aliphatic carbocycles. The molecule has 0 bridgehead atoms. The lowest BCUT2D eigenvalue weighted by Gasteiger charge is -2.43. The molecule has 0 aromatic heterocycles. The second-order valence-electron chi connectivity index (χ2n) is 8.14. The molecule has 1 atom stereocenters. The van der Waals surface area contributed by atoms with Gasteiger partial charge in [0.25, 0.3) is 0 Å². The highest BCUT2D eigenvalue weighted by Crippen LogP contribution is 2.30. The van der Waals surface area contributed by atoms with Crippen LogP contribution in [0.2, 0.25) is 0 Å². The number of amidine groups is 1. The molecule has 1 saturated heterocycles. The van der Waals surface area contributed by atoms with Gasteiger partial charge in [0.2, 0.25) is 0 Å². The van der Waals surface area contributed by atoms with E-state index in [-0.39, 0.29) is 17.4 Å². The van der Waals surface area contributed by atoms with Crippen molar-refractivity contribution in [3.8, 4) is 0 Å². The monoisotopic (exact) mass is 415 g/mol. The summed E-state index contributed by atoms with van der Waals surface area (Å²) in [4.78, 5) is 4.44. The van der Waals surface area contributed by atoms with E-state index >= 15 is 0 Å². The van der Waals surface area contributed by atoms with Crippen LogP contribution in [0.4, 0.5) is 10.1 Å². The maximum Gasteiger partial charge on any atom is 0.178 e. The topological polar surface area (TPSA) is 119 Å².